The predicted molar refractivity (Wildman–Crippen MR) is 80.1 cm³/mol. The van der Waals surface area contributed by atoms with Gasteiger partial charge >= 0.3 is 0 Å². The Balaban J connectivity index is 2.33. The Morgan fingerprint density at radius 1 is 1.05 bits per heavy atom. The minimum Gasteiger partial charge on any atom is -0.338 e. The van der Waals surface area contributed by atoms with Crippen LogP contribution in [0.25, 0.3) is 0 Å². The smallest absolute Gasteiger partial charge is 0.263 e. The van der Waals surface area contributed by atoms with Crippen molar-refractivity contribution in [2.24, 2.45) is 7.05 Å². The molecule has 1 amide bonds. The highest BCUT2D eigenvalue weighted by atomic mass is 16.2. The SMILES string of the molecule is Cc1cc(C)n(C)c(=O)c1C(=O)N1CCCCCCC1. The van der Waals surface area contributed by atoms with Gasteiger partial charge < -0.3 is 9.47 Å². The van der Waals surface area contributed by atoms with Gasteiger partial charge in [0.2, 0.25) is 0 Å². The van der Waals surface area contributed by atoms with Gasteiger partial charge in [-0.25, -0.2) is 0 Å². The van der Waals surface area contributed by atoms with E-state index in [9.17, 15) is 9.59 Å². The maximum atomic E-state index is 12.7. The number of carbonyl (C=O) groups is 1. The molecule has 0 atom stereocenters. The third kappa shape index (κ3) is 2.94. The molecule has 1 aromatic rings. The topological polar surface area (TPSA) is 42.3 Å². The van der Waals surface area contributed by atoms with E-state index >= 15 is 0 Å². The van der Waals surface area contributed by atoms with Gasteiger partial charge in [0, 0.05) is 25.8 Å². The van der Waals surface area contributed by atoms with Crippen molar-refractivity contribution < 1.29 is 4.79 Å². The van der Waals surface area contributed by atoms with Crippen molar-refractivity contribution in [2.75, 3.05) is 13.1 Å². The molecule has 4 nitrogen and oxygen atoms in total. The molecule has 0 aromatic carbocycles. The number of amides is 1. The number of nitrogens with zero attached hydrogens (tertiary/aromatic N) is 2. The standard InChI is InChI=1S/C16H24N2O2/c1-12-11-13(2)17(3)15(19)14(12)16(20)18-9-7-5-4-6-8-10-18/h11H,4-10H2,1-3H3. The maximum absolute atomic E-state index is 12.7. The number of aryl methyl sites for hydroxylation is 2. The molecule has 0 unspecified atom stereocenters. The summed E-state index contributed by atoms with van der Waals surface area (Å²) in [5, 5.41) is 0. The Bertz CT molecular complexity index is 552. The van der Waals surface area contributed by atoms with Crippen molar-refractivity contribution in [3.05, 3.63) is 33.2 Å². The molecule has 4 heteroatoms. The fourth-order valence-corrected chi connectivity index (χ4v) is 2.85. The second-order valence-electron chi connectivity index (χ2n) is 5.77. The fourth-order valence-electron chi connectivity index (χ4n) is 2.85. The number of pyridine rings is 1. The first-order valence-corrected chi connectivity index (χ1v) is 7.49. The van der Waals surface area contributed by atoms with Crippen LogP contribution in [0.3, 0.4) is 0 Å². The summed E-state index contributed by atoms with van der Waals surface area (Å²) in [4.78, 5) is 26.9. The van der Waals surface area contributed by atoms with E-state index in [2.05, 4.69) is 0 Å². The van der Waals surface area contributed by atoms with E-state index in [1.807, 2.05) is 24.8 Å². The number of carbonyl (C=O) groups excluding carboxylic acids is 1. The van der Waals surface area contributed by atoms with Crippen LogP contribution in [0.15, 0.2) is 10.9 Å². The largest absolute Gasteiger partial charge is 0.338 e. The van der Waals surface area contributed by atoms with Crippen LogP contribution in [0.2, 0.25) is 0 Å². The zero-order valence-electron chi connectivity index (χ0n) is 12.7. The zero-order valence-corrected chi connectivity index (χ0v) is 12.7. The molecule has 110 valence electrons. The Labute approximate surface area is 120 Å². The lowest BCUT2D eigenvalue weighted by molar-refractivity contribution is 0.0739. The van der Waals surface area contributed by atoms with Crippen LogP contribution in [0.5, 0.6) is 0 Å². The van der Waals surface area contributed by atoms with Crippen molar-refractivity contribution in [2.45, 2.75) is 46.0 Å². The summed E-state index contributed by atoms with van der Waals surface area (Å²) >= 11 is 0. The van der Waals surface area contributed by atoms with Crippen molar-refractivity contribution in [1.82, 2.24) is 9.47 Å². The molecule has 0 N–H and O–H groups in total. The Morgan fingerprint density at radius 3 is 2.20 bits per heavy atom. The van der Waals surface area contributed by atoms with Crippen LogP contribution in [-0.4, -0.2) is 28.5 Å². The Morgan fingerprint density at radius 2 is 1.60 bits per heavy atom. The lowest BCUT2D eigenvalue weighted by Crippen LogP contribution is -2.39. The zero-order chi connectivity index (χ0) is 14.7. The van der Waals surface area contributed by atoms with E-state index in [1.54, 1.807) is 11.6 Å². The quantitative estimate of drug-likeness (QED) is 0.790. The van der Waals surface area contributed by atoms with Gasteiger partial charge in [0.25, 0.3) is 11.5 Å². The lowest BCUT2D eigenvalue weighted by atomic mass is 10.1. The summed E-state index contributed by atoms with van der Waals surface area (Å²) in [6.45, 7) is 5.29. The van der Waals surface area contributed by atoms with E-state index in [-0.39, 0.29) is 11.5 Å². The molecule has 1 fully saturated rings. The molecule has 0 saturated carbocycles. The highest BCUT2D eigenvalue weighted by molar-refractivity contribution is 5.95. The first-order chi connectivity index (χ1) is 9.52. The monoisotopic (exact) mass is 276 g/mol. The average molecular weight is 276 g/mol. The summed E-state index contributed by atoms with van der Waals surface area (Å²) < 4.78 is 1.56. The van der Waals surface area contributed by atoms with E-state index in [0.29, 0.717) is 5.56 Å². The normalized spacial score (nSPS) is 16.6. The molecule has 1 saturated heterocycles. The lowest BCUT2D eigenvalue weighted by Gasteiger charge is -2.25. The maximum Gasteiger partial charge on any atom is 0.263 e. The molecule has 1 aliphatic heterocycles. The Hall–Kier alpha value is -1.58. The average Bonchev–Trinajstić information content (AvgIpc) is 2.35. The van der Waals surface area contributed by atoms with Crippen LogP contribution in [0, 0.1) is 13.8 Å². The van der Waals surface area contributed by atoms with Gasteiger partial charge in [-0.2, -0.15) is 0 Å². The highest BCUT2D eigenvalue weighted by Crippen LogP contribution is 2.14. The van der Waals surface area contributed by atoms with Crippen LogP contribution in [0.4, 0.5) is 0 Å². The molecule has 1 aromatic heterocycles. The molecule has 20 heavy (non-hydrogen) atoms. The van der Waals surface area contributed by atoms with E-state index < -0.39 is 0 Å². The molecule has 0 radical (unpaired) electrons. The second-order valence-corrected chi connectivity index (χ2v) is 5.77. The van der Waals surface area contributed by atoms with Crippen LogP contribution < -0.4 is 5.56 Å². The molecule has 2 rings (SSSR count). The predicted octanol–water partition coefficient (Wildman–Crippen LogP) is 2.41. The molecule has 1 aliphatic rings. The number of rotatable bonds is 1. The molecule has 2 heterocycles. The highest BCUT2D eigenvalue weighted by Gasteiger charge is 2.22. The van der Waals surface area contributed by atoms with E-state index in [0.717, 1.165) is 37.2 Å². The second kappa shape index (κ2) is 6.25. The fraction of sp³-hybridized carbons (Fsp3) is 0.625. The van der Waals surface area contributed by atoms with Gasteiger partial charge in [-0.15, -0.1) is 0 Å². The third-order valence-electron chi connectivity index (χ3n) is 4.22. The molecule has 0 bridgehead atoms. The minimum absolute atomic E-state index is 0.0926. The summed E-state index contributed by atoms with van der Waals surface area (Å²) in [7, 11) is 1.72. The summed E-state index contributed by atoms with van der Waals surface area (Å²) in [6.07, 6.45) is 5.69. The van der Waals surface area contributed by atoms with Gasteiger partial charge in [0.15, 0.2) is 0 Å². The van der Waals surface area contributed by atoms with Crippen molar-refractivity contribution >= 4 is 5.91 Å². The van der Waals surface area contributed by atoms with E-state index in [1.165, 1.54) is 19.3 Å². The molecule has 0 spiro atoms. The van der Waals surface area contributed by atoms with Crippen molar-refractivity contribution in [1.29, 1.82) is 0 Å². The molecular formula is C16H24N2O2. The van der Waals surface area contributed by atoms with Gasteiger partial charge in [-0.1, -0.05) is 19.3 Å². The number of likely N-dealkylation sites (tertiary alicyclic amines) is 1. The number of aromatic nitrogens is 1. The van der Waals surface area contributed by atoms with Gasteiger partial charge in [-0.05, 0) is 38.3 Å². The molecular weight excluding hydrogens is 252 g/mol. The van der Waals surface area contributed by atoms with Crippen LogP contribution >= 0.6 is 0 Å². The first kappa shape index (κ1) is 14.8. The summed E-state index contributed by atoms with van der Waals surface area (Å²) in [5.74, 6) is -0.0926. The first-order valence-electron chi connectivity index (χ1n) is 7.49. The van der Waals surface area contributed by atoms with E-state index in [4.69, 9.17) is 0 Å². The summed E-state index contributed by atoms with van der Waals surface area (Å²) in [5.41, 5.74) is 1.85. The number of hydrogen-bond acceptors (Lipinski definition) is 2. The van der Waals surface area contributed by atoms with Gasteiger partial charge in [0.1, 0.15) is 5.56 Å². The molecule has 0 aliphatic carbocycles. The number of hydrogen-bond donors (Lipinski definition) is 0. The van der Waals surface area contributed by atoms with Crippen LogP contribution in [0.1, 0.15) is 53.7 Å². The van der Waals surface area contributed by atoms with Gasteiger partial charge in [0.05, 0.1) is 0 Å². The van der Waals surface area contributed by atoms with Crippen LogP contribution in [-0.2, 0) is 7.05 Å². The van der Waals surface area contributed by atoms with Crippen molar-refractivity contribution in [3.8, 4) is 0 Å². The third-order valence-corrected chi connectivity index (χ3v) is 4.22. The minimum atomic E-state index is -0.172. The summed E-state index contributed by atoms with van der Waals surface area (Å²) in [6, 6.07) is 1.92. The van der Waals surface area contributed by atoms with Gasteiger partial charge in [-0.3, -0.25) is 9.59 Å². The van der Waals surface area contributed by atoms with Crippen molar-refractivity contribution in [3.63, 3.8) is 0 Å². The Kier molecular flexibility index (Phi) is 4.63.